The molecule has 0 aliphatic carbocycles. The minimum atomic E-state index is -5.26. The first-order valence-corrected chi connectivity index (χ1v) is 6.70. The molecule has 0 amide bonds. The minimum Gasteiger partial charge on any atom is -0.489 e. The summed E-state index contributed by atoms with van der Waals surface area (Å²) < 4.78 is 66.6. The largest absolute Gasteiger partial charge is 0.575 e. The van der Waals surface area contributed by atoms with Crippen molar-refractivity contribution in [3.8, 4) is 11.6 Å². The maximum atomic E-state index is 12.1. The Bertz CT molecular complexity index is 647. The van der Waals surface area contributed by atoms with Gasteiger partial charge in [-0.3, -0.25) is 0 Å². The van der Waals surface area contributed by atoms with Crippen molar-refractivity contribution < 1.29 is 36.0 Å². The van der Waals surface area contributed by atoms with Gasteiger partial charge in [-0.2, -0.15) is 0 Å². The molecule has 0 saturated carbocycles. The zero-order valence-electron chi connectivity index (χ0n) is 9.34. The lowest BCUT2D eigenvalue weighted by Crippen LogP contribution is -2.19. The molecule has 0 bridgehead atoms. The number of nitro groups is 1. The van der Waals surface area contributed by atoms with Gasteiger partial charge in [0.2, 0.25) is 5.75 Å². The highest BCUT2D eigenvalue weighted by atomic mass is 35.7. The molecule has 0 aliphatic heterocycles. The lowest BCUT2D eigenvalue weighted by molar-refractivity contribution is -0.390. The number of nitrogens with zero attached hydrogens (tertiary/aromatic N) is 2. The first-order chi connectivity index (χ1) is 8.95. The normalized spacial score (nSPS) is 12.1. The summed E-state index contributed by atoms with van der Waals surface area (Å²) in [5, 5.41) is 10.5. The van der Waals surface area contributed by atoms with E-state index in [9.17, 15) is 31.7 Å². The summed E-state index contributed by atoms with van der Waals surface area (Å²) in [6.45, 7) is 0. The van der Waals surface area contributed by atoms with Gasteiger partial charge in [0.15, 0.2) is 0 Å². The predicted molar refractivity (Wildman–Crippen MR) is 57.2 cm³/mol. The van der Waals surface area contributed by atoms with Gasteiger partial charge in [-0.15, -0.1) is 13.2 Å². The Hall–Kier alpha value is -1.82. The average molecular weight is 337 g/mol. The predicted octanol–water partition coefficient (Wildman–Crippen LogP) is 1.82. The molecule has 8 nitrogen and oxygen atoms in total. The molecule has 0 atom stereocenters. The Labute approximate surface area is 113 Å². The second-order valence-corrected chi connectivity index (χ2v) is 5.59. The summed E-state index contributed by atoms with van der Waals surface area (Å²) in [6, 6.07) is 0.352. The summed E-state index contributed by atoms with van der Waals surface area (Å²) >= 11 is 0. The van der Waals surface area contributed by atoms with Gasteiger partial charge < -0.3 is 19.6 Å². The highest BCUT2D eigenvalue weighted by Crippen LogP contribution is 2.39. The fraction of sp³-hybridized carbons (Fsp3) is 0.286. The van der Waals surface area contributed by atoms with E-state index < -0.39 is 42.7 Å². The SMILES string of the molecule is COc1c(S(=O)(=O)Cl)cc([N+](=O)[O-])nc1OC(F)(F)F. The first-order valence-electron chi connectivity index (χ1n) is 4.39. The van der Waals surface area contributed by atoms with Crippen LogP contribution in [0.4, 0.5) is 19.0 Å². The molecule has 0 fully saturated rings. The van der Waals surface area contributed by atoms with Crippen LogP contribution in [0.3, 0.4) is 0 Å². The number of methoxy groups -OCH3 is 1. The molecule has 20 heavy (non-hydrogen) atoms. The van der Waals surface area contributed by atoms with Gasteiger partial charge in [0.05, 0.1) is 13.2 Å². The van der Waals surface area contributed by atoms with Crippen molar-refractivity contribution in [2.75, 3.05) is 7.11 Å². The number of rotatable bonds is 4. The second-order valence-electron chi connectivity index (χ2n) is 3.06. The highest BCUT2D eigenvalue weighted by molar-refractivity contribution is 8.13. The fourth-order valence-electron chi connectivity index (χ4n) is 1.12. The van der Waals surface area contributed by atoms with Crippen molar-refractivity contribution in [1.29, 1.82) is 0 Å². The van der Waals surface area contributed by atoms with E-state index in [4.69, 9.17) is 10.7 Å². The third-order valence-electron chi connectivity index (χ3n) is 1.76. The topological polar surface area (TPSA) is 109 Å². The van der Waals surface area contributed by atoms with Gasteiger partial charge in [0.25, 0.3) is 9.05 Å². The molecule has 1 heterocycles. The molecule has 0 aromatic carbocycles. The van der Waals surface area contributed by atoms with E-state index in [1.54, 1.807) is 0 Å². The molecule has 13 heteroatoms. The molecule has 0 N–H and O–H groups in total. The number of aromatic nitrogens is 1. The minimum absolute atomic E-state index is 0.352. The van der Waals surface area contributed by atoms with Gasteiger partial charge >= 0.3 is 18.1 Å². The van der Waals surface area contributed by atoms with E-state index >= 15 is 0 Å². The molecule has 1 aromatic heterocycles. The summed E-state index contributed by atoms with van der Waals surface area (Å²) in [5.41, 5.74) is 0. The van der Waals surface area contributed by atoms with Gasteiger partial charge in [-0.05, 0) is 4.92 Å². The quantitative estimate of drug-likeness (QED) is 0.468. The molecule has 1 aromatic rings. The van der Waals surface area contributed by atoms with Crippen LogP contribution in [0.2, 0.25) is 0 Å². The van der Waals surface area contributed by atoms with Crippen LogP contribution in [-0.4, -0.2) is 31.8 Å². The van der Waals surface area contributed by atoms with Crippen LogP contribution >= 0.6 is 10.7 Å². The first kappa shape index (κ1) is 16.2. The lowest BCUT2D eigenvalue weighted by Gasteiger charge is -2.10. The molecule has 112 valence electrons. The fourth-order valence-corrected chi connectivity index (χ4v) is 2.10. The van der Waals surface area contributed by atoms with E-state index in [1.165, 1.54) is 0 Å². The van der Waals surface area contributed by atoms with Crippen molar-refractivity contribution in [2.45, 2.75) is 11.3 Å². The maximum Gasteiger partial charge on any atom is 0.575 e. The van der Waals surface area contributed by atoms with Crippen molar-refractivity contribution in [3.63, 3.8) is 0 Å². The van der Waals surface area contributed by atoms with Crippen LogP contribution in [-0.2, 0) is 9.05 Å². The highest BCUT2D eigenvalue weighted by Gasteiger charge is 2.39. The molecular weight excluding hydrogens is 333 g/mol. The number of ether oxygens (including phenoxy) is 2. The molecule has 0 unspecified atom stereocenters. The van der Waals surface area contributed by atoms with E-state index in [-0.39, 0.29) is 0 Å². The van der Waals surface area contributed by atoms with Gasteiger partial charge in [-0.25, -0.2) is 8.42 Å². The Kier molecular flexibility index (Phi) is 4.29. The second kappa shape index (κ2) is 5.28. The van der Waals surface area contributed by atoms with Gasteiger partial charge in [0, 0.05) is 15.7 Å². The van der Waals surface area contributed by atoms with Crippen LogP contribution in [0.25, 0.3) is 0 Å². The van der Waals surface area contributed by atoms with Crippen LogP contribution in [0.1, 0.15) is 0 Å². The molecule has 1 rings (SSSR count). The summed E-state index contributed by atoms with van der Waals surface area (Å²) in [6.07, 6.45) is -5.26. The van der Waals surface area contributed by atoms with E-state index in [0.717, 1.165) is 7.11 Å². The molecular formula is C7H4ClF3N2O6S. The Morgan fingerprint density at radius 2 is 2.00 bits per heavy atom. The Morgan fingerprint density at radius 1 is 1.45 bits per heavy atom. The molecule has 0 aliphatic rings. The van der Waals surface area contributed by atoms with E-state index in [2.05, 4.69) is 14.5 Å². The summed E-state index contributed by atoms with van der Waals surface area (Å²) in [5.74, 6) is -3.64. The molecule has 0 saturated heterocycles. The zero-order chi connectivity index (χ0) is 15.7. The average Bonchev–Trinajstić information content (AvgIpc) is 2.24. The zero-order valence-corrected chi connectivity index (χ0v) is 10.9. The standard InChI is InChI=1S/C7H4ClF3N2O6S/c1-18-5-3(20(8,16)17)2-4(13(14)15)12-6(5)19-7(9,10)11/h2H,1H3. The number of pyridine rings is 1. The van der Waals surface area contributed by atoms with Crippen molar-refractivity contribution in [3.05, 3.63) is 16.2 Å². The third kappa shape index (κ3) is 3.84. The summed E-state index contributed by atoms with van der Waals surface area (Å²) in [7, 11) is 1.16. The lowest BCUT2D eigenvalue weighted by atomic mass is 10.4. The smallest absolute Gasteiger partial charge is 0.489 e. The number of hydrogen-bond acceptors (Lipinski definition) is 7. The number of halogens is 4. The Morgan fingerprint density at radius 3 is 2.35 bits per heavy atom. The molecule has 0 spiro atoms. The van der Waals surface area contributed by atoms with E-state index in [0.29, 0.717) is 6.07 Å². The van der Waals surface area contributed by atoms with Crippen LogP contribution in [0.5, 0.6) is 11.6 Å². The van der Waals surface area contributed by atoms with Crippen molar-refractivity contribution in [2.24, 2.45) is 0 Å². The van der Waals surface area contributed by atoms with Crippen LogP contribution in [0, 0.1) is 10.1 Å². The van der Waals surface area contributed by atoms with Crippen molar-refractivity contribution >= 4 is 25.6 Å². The van der Waals surface area contributed by atoms with Crippen LogP contribution < -0.4 is 9.47 Å². The van der Waals surface area contributed by atoms with Gasteiger partial charge in [-0.1, -0.05) is 0 Å². The Balaban J connectivity index is 3.64. The third-order valence-corrected chi connectivity index (χ3v) is 3.09. The van der Waals surface area contributed by atoms with Crippen LogP contribution in [0.15, 0.2) is 11.0 Å². The number of hydrogen-bond donors (Lipinski definition) is 0. The van der Waals surface area contributed by atoms with Crippen molar-refractivity contribution in [1.82, 2.24) is 4.98 Å². The molecule has 0 radical (unpaired) electrons. The number of alkyl halides is 3. The van der Waals surface area contributed by atoms with E-state index in [1.807, 2.05) is 0 Å². The van der Waals surface area contributed by atoms with Gasteiger partial charge in [0.1, 0.15) is 4.90 Å². The maximum absolute atomic E-state index is 12.1. The monoisotopic (exact) mass is 336 g/mol. The summed E-state index contributed by atoms with van der Waals surface area (Å²) in [4.78, 5) is 11.2.